The van der Waals surface area contributed by atoms with Crippen LogP contribution in [0.4, 0.5) is 8.78 Å². The fourth-order valence-corrected chi connectivity index (χ4v) is 2.45. The maximum atomic E-state index is 14.3. The lowest BCUT2D eigenvalue weighted by Crippen LogP contribution is -2.34. The smallest absolute Gasteiger partial charge is 0.137 e. The zero-order valence-corrected chi connectivity index (χ0v) is 11.9. The quantitative estimate of drug-likeness (QED) is 0.774. The lowest BCUT2D eigenvalue weighted by atomic mass is 9.85. The average molecular weight is 317 g/mol. The van der Waals surface area contributed by atoms with Crippen LogP contribution in [0.2, 0.25) is 0 Å². The van der Waals surface area contributed by atoms with Gasteiger partial charge in [-0.3, -0.25) is 0 Å². The Morgan fingerprint density at radius 1 is 1.09 bits per heavy atom. The number of aromatic nitrogens is 3. The highest BCUT2D eigenvalue weighted by molar-refractivity contribution is 5.39. The number of benzene rings is 2. The number of aliphatic hydroxyl groups is 1. The minimum Gasteiger partial charge on any atom is -0.508 e. The second-order valence-corrected chi connectivity index (χ2v) is 5.12. The Balaban J connectivity index is 2.14. The van der Waals surface area contributed by atoms with Crippen LogP contribution in [0.3, 0.4) is 0 Å². The fraction of sp³-hybridized carbons (Fsp3) is 0.125. The van der Waals surface area contributed by atoms with Crippen molar-refractivity contribution in [2.24, 2.45) is 0 Å². The Hall–Kier alpha value is -2.80. The van der Waals surface area contributed by atoms with Crippen LogP contribution < -0.4 is 0 Å². The molecule has 0 spiro atoms. The van der Waals surface area contributed by atoms with Crippen LogP contribution in [0.25, 0.3) is 0 Å². The molecular formula is C16H13F2N3O2. The van der Waals surface area contributed by atoms with Crippen molar-refractivity contribution in [2.75, 3.05) is 0 Å². The van der Waals surface area contributed by atoms with E-state index in [1.807, 2.05) is 0 Å². The Labute approximate surface area is 130 Å². The summed E-state index contributed by atoms with van der Waals surface area (Å²) in [5.41, 5.74) is -1.57. The van der Waals surface area contributed by atoms with Gasteiger partial charge in [-0.25, -0.2) is 18.4 Å². The van der Waals surface area contributed by atoms with Crippen LogP contribution in [0, 0.1) is 11.6 Å². The van der Waals surface area contributed by atoms with E-state index in [-0.39, 0.29) is 17.9 Å². The molecule has 3 rings (SSSR count). The first-order valence-corrected chi connectivity index (χ1v) is 6.79. The molecule has 2 aromatic carbocycles. The van der Waals surface area contributed by atoms with E-state index < -0.39 is 17.2 Å². The molecule has 0 aliphatic rings. The number of phenolic OH excluding ortho intramolecular Hbond substituents is 1. The zero-order chi connectivity index (χ0) is 16.4. The molecule has 3 aromatic rings. The Morgan fingerprint density at radius 3 is 2.43 bits per heavy atom. The van der Waals surface area contributed by atoms with Gasteiger partial charge in [-0.15, -0.1) is 0 Å². The lowest BCUT2D eigenvalue weighted by Gasteiger charge is -2.29. The molecular weight excluding hydrogens is 304 g/mol. The van der Waals surface area contributed by atoms with E-state index >= 15 is 0 Å². The third-order valence-corrected chi connectivity index (χ3v) is 3.58. The molecule has 0 radical (unpaired) electrons. The van der Waals surface area contributed by atoms with Crippen LogP contribution in [0.1, 0.15) is 11.1 Å². The number of phenols is 1. The second-order valence-electron chi connectivity index (χ2n) is 5.12. The van der Waals surface area contributed by atoms with E-state index in [1.165, 1.54) is 53.7 Å². The Kier molecular flexibility index (Phi) is 3.79. The number of halogens is 2. The molecule has 0 bridgehead atoms. The molecule has 23 heavy (non-hydrogen) atoms. The first-order chi connectivity index (χ1) is 11.0. The van der Waals surface area contributed by atoms with E-state index in [9.17, 15) is 19.0 Å². The molecule has 1 heterocycles. The predicted octanol–water partition coefficient (Wildman–Crippen LogP) is 2.20. The maximum Gasteiger partial charge on any atom is 0.137 e. The number of aromatic hydroxyl groups is 1. The second kappa shape index (κ2) is 5.77. The molecule has 1 aromatic heterocycles. The minimum absolute atomic E-state index is 0.0580. The molecule has 2 N–H and O–H groups in total. The van der Waals surface area contributed by atoms with Gasteiger partial charge in [0.05, 0.1) is 6.54 Å². The van der Waals surface area contributed by atoms with Gasteiger partial charge in [-0.1, -0.05) is 12.1 Å². The van der Waals surface area contributed by atoms with Crippen molar-refractivity contribution in [3.63, 3.8) is 0 Å². The van der Waals surface area contributed by atoms with Crippen molar-refractivity contribution in [3.8, 4) is 5.75 Å². The monoisotopic (exact) mass is 317 g/mol. The molecule has 0 saturated heterocycles. The van der Waals surface area contributed by atoms with Crippen LogP contribution >= 0.6 is 0 Å². The van der Waals surface area contributed by atoms with Gasteiger partial charge < -0.3 is 10.2 Å². The summed E-state index contributed by atoms with van der Waals surface area (Å²) in [4.78, 5) is 3.79. The number of hydrogen-bond acceptors (Lipinski definition) is 4. The molecule has 0 amide bonds. The maximum absolute atomic E-state index is 14.3. The summed E-state index contributed by atoms with van der Waals surface area (Å²) in [5.74, 6) is -1.51. The van der Waals surface area contributed by atoms with Gasteiger partial charge >= 0.3 is 0 Å². The summed E-state index contributed by atoms with van der Waals surface area (Å²) in [5, 5.41) is 24.4. The largest absolute Gasteiger partial charge is 0.508 e. The van der Waals surface area contributed by atoms with Crippen molar-refractivity contribution < 1.29 is 19.0 Å². The normalized spacial score (nSPS) is 13.7. The van der Waals surface area contributed by atoms with Gasteiger partial charge in [-0.2, -0.15) is 5.10 Å². The number of hydrogen-bond donors (Lipinski definition) is 2. The van der Waals surface area contributed by atoms with Crippen molar-refractivity contribution in [1.29, 1.82) is 0 Å². The molecule has 5 nitrogen and oxygen atoms in total. The van der Waals surface area contributed by atoms with E-state index in [2.05, 4.69) is 10.1 Å². The Bertz CT molecular complexity index is 807. The fourth-order valence-electron chi connectivity index (χ4n) is 2.45. The van der Waals surface area contributed by atoms with Gasteiger partial charge in [0, 0.05) is 11.6 Å². The van der Waals surface area contributed by atoms with Crippen LogP contribution in [0.15, 0.2) is 55.1 Å². The SMILES string of the molecule is Oc1ccc(C(O)(Cn2cncn2)c2ccc(F)cc2)c(F)c1. The molecule has 1 unspecified atom stereocenters. The summed E-state index contributed by atoms with van der Waals surface area (Å²) < 4.78 is 28.8. The lowest BCUT2D eigenvalue weighted by molar-refractivity contribution is 0.0534. The summed E-state index contributed by atoms with van der Waals surface area (Å²) in [6, 6.07) is 8.57. The molecule has 0 aliphatic carbocycles. The molecule has 118 valence electrons. The van der Waals surface area contributed by atoms with Gasteiger partial charge in [-0.05, 0) is 29.8 Å². The molecule has 7 heteroatoms. The van der Waals surface area contributed by atoms with Crippen molar-refractivity contribution >= 4 is 0 Å². The van der Waals surface area contributed by atoms with Crippen molar-refractivity contribution in [2.45, 2.75) is 12.1 Å². The molecule has 0 saturated carbocycles. The van der Waals surface area contributed by atoms with E-state index in [4.69, 9.17) is 0 Å². The molecule has 1 atom stereocenters. The third kappa shape index (κ3) is 2.91. The minimum atomic E-state index is -1.81. The summed E-state index contributed by atoms with van der Waals surface area (Å²) in [6.45, 7) is -0.125. The first kappa shape index (κ1) is 15.1. The Morgan fingerprint density at radius 2 is 1.83 bits per heavy atom. The van der Waals surface area contributed by atoms with Gasteiger partial charge in [0.15, 0.2) is 0 Å². The van der Waals surface area contributed by atoms with E-state index in [0.29, 0.717) is 5.56 Å². The topological polar surface area (TPSA) is 71.2 Å². The van der Waals surface area contributed by atoms with Gasteiger partial charge in [0.1, 0.15) is 35.6 Å². The molecule has 0 fully saturated rings. The van der Waals surface area contributed by atoms with Crippen LogP contribution in [-0.2, 0) is 12.1 Å². The zero-order valence-electron chi connectivity index (χ0n) is 11.9. The summed E-state index contributed by atoms with van der Waals surface area (Å²) >= 11 is 0. The summed E-state index contributed by atoms with van der Waals surface area (Å²) in [7, 11) is 0. The highest BCUT2D eigenvalue weighted by atomic mass is 19.1. The number of nitrogens with zero attached hydrogens (tertiary/aromatic N) is 3. The standard InChI is InChI=1S/C16H13F2N3O2/c17-12-3-1-11(2-4-12)16(23,8-21-10-19-9-20-21)14-6-5-13(22)7-15(14)18/h1-7,9-10,22-23H,8H2. The number of rotatable bonds is 4. The molecule has 0 aliphatic heterocycles. The van der Waals surface area contributed by atoms with E-state index in [0.717, 1.165) is 6.07 Å². The van der Waals surface area contributed by atoms with Crippen LogP contribution in [0.5, 0.6) is 5.75 Å². The van der Waals surface area contributed by atoms with Gasteiger partial charge in [0.25, 0.3) is 0 Å². The predicted molar refractivity (Wildman–Crippen MR) is 77.5 cm³/mol. The summed E-state index contributed by atoms with van der Waals surface area (Å²) in [6.07, 6.45) is 2.67. The first-order valence-electron chi connectivity index (χ1n) is 6.79. The third-order valence-electron chi connectivity index (χ3n) is 3.58. The van der Waals surface area contributed by atoms with Crippen LogP contribution in [-0.4, -0.2) is 25.0 Å². The van der Waals surface area contributed by atoms with E-state index in [1.54, 1.807) is 0 Å². The van der Waals surface area contributed by atoms with Crippen molar-refractivity contribution in [3.05, 3.63) is 77.9 Å². The highest BCUT2D eigenvalue weighted by Gasteiger charge is 2.35. The van der Waals surface area contributed by atoms with Gasteiger partial charge in [0.2, 0.25) is 0 Å². The average Bonchev–Trinajstić information content (AvgIpc) is 3.00. The van der Waals surface area contributed by atoms with Crippen molar-refractivity contribution in [1.82, 2.24) is 14.8 Å². The highest BCUT2D eigenvalue weighted by Crippen LogP contribution is 2.34.